The van der Waals surface area contributed by atoms with Crippen LogP contribution in [0.2, 0.25) is 0 Å². The number of aryl methyl sites for hydroxylation is 1. The average Bonchev–Trinajstić information content (AvgIpc) is 2.87. The summed E-state index contributed by atoms with van der Waals surface area (Å²) < 4.78 is 5.52. The fourth-order valence-corrected chi connectivity index (χ4v) is 4.28. The monoisotopic (exact) mass is 472 g/mol. The molecular weight excluding hydrogens is 444 g/mol. The predicted octanol–water partition coefficient (Wildman–Crippen LogP) is 3.87. The molecule has 0 spiro atoms. The van der Waals surface area contributed by atoms with Gasteiger partial charge in [-0.25, -0.2) is 9.59 Å². The number of ether oxygens (including phenoxy) is 1. The maximum absolute atomic E-state index is 13.4. The highest BCUT2D eigenvalue weighted by Gasteiger charge is 2.37. The summed E-state index contributed by atoms with van der Waals surface area (Å²) in [6.07, 6.45) is -0.191. The van der Waals surface area contributed by atoms with Crippen LogP contribution in [0.3, 0.4) is 0 Å². The lowest BCUT2D eigenvalue weighted by atomic mass is 9.93. The fraction of sp³-hybridized carbons (Fsp3) is 0.250. The molecule has 2 atom stereocenters. The lowest BCUT2D eigenvalue weighted by Gasteiger charge is -2.35. The molecule has 3 aromatic carbocycles. The van der Waals surface area contributed by atoms with Crippen molar-refractivity contribution in [3.05, 3.63) is 107 Å². The Balaban J connectivity index is 1.52. The molecule has 0 saturated heterocycles. The van der Waals surface area contributed by atoms with Crippen molar-refractivity contribution in [1.82, 2.24) is 10.2 Å². The highest BCUT2D eigenvalue weighted by molar-refractivity contribution is 5.90. The van der Waals surface area contributed by atoms with Gasteiger partial charge in [0.25, 0.3) is 0 Å². The molecule has 1 heterocycles. The van der Waals surface area contributed by atoms with Crippen molar-refractivity contribution in [3.63, 3.8) is 0 Å². The van der Waals surface area contributed by atoms with Crippen LogP contribution in [0.15, 0.2) is 78.9 Å². The average molecular weight is 473 g/mol. The summed E-state index contributed by atoms with van der Waals surface area (Å²) in [6, 6.07) is 22.4. The maximum atomic E-state index is 13.4. The van der Waals surface area contributed by atoms with E-state index in [0.29, 0.717) is 0 Å². The number of hydrogen-bond acceptors (Lipinski definition) is 4. The predicted molar refractivity (Wildman–Crippen MR) is 131 cm³/mol. The molecule has 180 valence electrons. The quantitative estimate of drug-likeness (QED) is 0.544. The van der Waals surface area contributed by atoms with Gasteiger partial charge in [0.05, 0.1) is 6.54 Å². The van der Waals surface area contributed by atoms with Gasteiger partial charge >= 0.3 is 12.1 Å². The zero-order valence-electron chi connectivity index (χ0n) is 19.5. The van der Waals surface area contributed by atoms with Gasteiger partial charge in [0.15, 0.2) is 0 Å². The summed E-state index contributed by atoms with van der Waals surface area (Å²) in [5.41, 5.74) is 4.51. The Bertz CT molecular complexity index is 1210. The number of carbonyl (C=O) groups is 3. The molecule has 0 fully saturated rings. The Morgan fingerprint density at radius 1 is 0.971 bits per heavy atom. The van der Waals surface area contributed by atoms with E-state index in [1.54, 1.807) is 0 Å². The number of hydrogen-bond donors (Lipinski definition) is 2. The number of aliphatic carboxylic acids is 1. The number of fused-ring (bicyclic) bond motifs is 1. The van der Waals surface area contributed by atoms with E-state index in [4.69, 9.17) is 4.74 Å². The van der Waals surface area contributed by atoms with E-state index in [0.717, 1.165) is 27.8 Å². The molecule has 0 aromatic heterocycles. The Morgan fingerprint density at radius 3 is 2.34 bits per heavy atom. The number of nitrogens with one attached hydrogen (secondary N) is 1. The highest BCUT2D eigenvalue weighted by atomic mass is 16.6. The second-order valence-electron chi connectivity index (χ2n) is 8.69. The number of nitrogens with zero attached hydrogens (tertiary/aromatic N) is 1. The Morgan fingerprint density at radius 2 is 1.63 bits per heavy atom. The molecule has 0 bridgehead atoms. The van der Waals surface area contributed by atoms with Gasteiger partial charge in [-0.15, -0.1) is 0 Å². The minimum absolute atomic E-state index is 0.0805. The topological polar surface area (TPSA) is 95.9 Å². The molecule has 0 unspecified atom stereocenters. The second-order valence-corrected chi connectivity index (χ2v) is 8.69. The number of rotatable bonds is 7. The summed E-state index contributed by atoms with van der Waals surface area (Å²) in [7, 11) is 0. The van der Waals surface area contributed by atoms with Crippen LogP contribution in [0.4, 0.5) is 4.79 Å². The molecule has 2 N–H and O–H groups in total. The van der Waals surface area contributed by atoms with E-state index >= 15 is 0 Å². The third-order valence-electron chi connectivity index (χ3n) is 6.29. The van der Waals surface area contributed by atoms with E-state index in [-0.39, 0.29) is 26.0 Å². The second kappa shape index (κ2) is 10.9. The first-order valence-electron chi connectivity index (χ1n) is 11.5. The van der Waals surface area contributed by atoms with Crippen LogP contribution in [0.1, 0.15) is 27.8 Å². The molecule has 1 aliphatic heterocycles. The molecule has 7 nitrogen and oxygen atoms in total. The molecule has 0 saturated carbocycles. The molecular formula is C28H28N2O5. The van der Waals surface area contributed by atoms with Gasteiger partial charge in [0.1, 0.15) is 18.7 Å². The van der Waals surface area contributed by atoms with Gasteiger partial charge in [0.2, 0.25) is 5.91 Å². The fourth-order valence-electron chi connectivity index (χ4n) is 4.28. The lowest BCUT2D eigenvalue weighted by Crippen LogP contribution is -2.56. The first-order valence-corrected chi connectivity index (χ1v) is 11.5. The van der Waals surface area contributed by atoms with Crippen LogP contribution in [0.25, 0.3) is 0 Å². The largest absolute Gasteiger partial charge is 0.480 e. The van der Waals surface area contributed by atoms with Gasteiger partial charge in [0, 0.05) is 12.8 Å². The van der Waals surface area contributed by atoms with Gasteiger partial charge in [-0.2, -0.15) is 0 Å². The standard InChI is InChI=1S/C28H28N2O5/c1-19-9-5-6-12-21(19)15-24(27(32)33)29-26(31)25-16-22-13-7-8-14-23(22)17-30(25)28(34)35-18-20-10-3-2-4-11-20/h2-14,24-25H,15-18H2,1H3,(H,29,31)(H,32,33)/t24-,25-/m0/s1. The molecule has 0 aliphatic carbocycles. The van der Waals surface area contributed by atoms with Crippen molar-refractivity contribution in [2.75, 3.05) is 0 Å². The zero-order chi connectivity index (χ0) is 24.8. The maximum Gasteiger partial charge on any atom is 0.411 e. The van der Waals surface area contributed by atoms with Gasteiger partial charge < -0.3 is 15.2 Å². The van der Waals surface area contributed by atoms with Crippen molar-refractivity contribution in [2.24, 2.45) is 0 Å². The zero-order valence-corrected chi connectivity index (χ0v) is 19.5. The van der Waals surface area contributed by atoms with Crippen molar-refractivity contribution in [3.8, 4) is 0 Å². The molecule has 7 heteroatoms. The van der Waals surface area contributed by atoms with Crippen LogP contribution in [0, 0.1) is 6.92 Å². The van der Waals surface area contributed by atoms with E-state index in [2.05, 4.69) is 5.32 Å². The molecule has 3 aromatic rings. The number of amides is 2. The minimum Gasteiger partial charge on any atom is -0.480 e. The molecule has 2 amide bonds. The van der Waals surface area contributed by atoms with Gasteiger partial charge in [-0.1, -0.05) is 78.9 Å². The minimum atomic E-state index is -1.13. The van der Waals surface area contributed by atoms with Crippen molar-refractivity contribution in [1.29, 1.82) is 0 Å². The van der Waals surface area contributed by atoms with Gasteiger partial charge in [-0.3, -0.25) is 9.69 Å². The third kappa shape index (κ3) is 5.87. The van der Waals surface area contributed by atoms with Crippen molar-refractivity contribution < 1.29 is 24.2 Å². The Hall–Kier alpha value is -4.13. The van der Waals surface area contributed by atoms with Crippen LogP contribution in [0.5, 0.6) is 0 Å². The molecule has 0 radical (unpaired) electrons. The molecule has 35 heavy (non-hydrogen) atoms. The summed E-state index contributed by atoms with van der Waals surface area (Å²) in [5.74, 6) is -1.65. The first kappa shape index (κ1) is 24.0. The van der Waals surface area contributed by atoms with Gasteiger partial charge in [-0.05, 0) is 34.7 Å². The summed E-state index contributed by atoms with van der Waals surface area (Å²) in [4.78, 5) is 39.8. The number of carboxylic acid groups (broad SMARTS) is 1. The SMILES string of the molecule is Cc1ccccc1C[C@H](NC(=O)[C@@H]1Cc2ccccc2CN1C(=O)OCc1ccccc1)C(=O)O. The molecule has 4 rings (SSSR count). The van der Waals surface area contributed by atoms with E-state index < -0.39 is 30.1 Å². The van der Waals surface area contributed by atoms with Crippen LogP contribution < -0.4 is 5.32 Å². The summed E-state index contributed by atoms with van der Waals surface area (Å²) >= 11 is 0. The van der Waals surface area contributed by atoms with Crippen LogP contribution in [-0.4, -0.2) is 40.1 Å². The van der Waals surface area contributed by atoms with E-state index in [1.807, 2.05) is 85.8 Å². The summed E-state index contributed by atoms with van der Waals surface area (Å²) in [5, 5.41) is 12.5. The normalized spacial score (nSPS) is 15.6. The molecule has 1 aliphatic rings. The number of carbonyl (C=O) groups excluding carboxylic acids is 2. The summed E-state index contributed by atoms with van der Waals surface area (Å²) in [6.45, 7) is 2.19. The Labute approximate surface area is 204 Å². The number of benzene rings is 3. The van der Waals surface area contributed by atoms with E-state index in [1.165, 1.54) is 4.90 Å². The Kier molecular flexibility index (Phi) is 7.45. The van der Waals surface area contributed by atoms with Crippen LogP contribution in [-0.2, 0) is 40.3 Å². The number of carboxylic acids is 1. The smallest absolute Gasteiger partial charge is 0.411 e. The van der Waals surface area contributed by atoms with E-state index in [9.17, 15) is 19.5 Å². The highest BCUT2D eigenvalue weighted by Crippen LogP contribution is 2.25. The van der Waals surface area contributed by atoms with Crippen LogP contribution >= 0.6 is 0 Å². The third-order valence-corrected chi connectivity index (χ3v) is 6.29. The first-order chi connectivity index (χ1) is 16.9. The lowest BCUT2D eigenvalue weighted by molar-refractivity contribution is -0.142. The van der Waals surface area contributed by atoms with Crippen molar-refractivity contribution >= 4 is 18.0 Å². The van der Waals surface area contributed by atoms with Crippen molar-refractivity contribution in [2.45, 2.75) is 45.0 Å².